The van der Waals surface area contributed by atoms with Gasteiger partial charge < -0.3 is 10.8 Å². The highest BCUT2D eigenvalue weighted by Gasteiger charge is 1.69. The van der Waals surface area contributed by atoms with Crippen molar-refractivity contribution in [1.29, 1.82) is 5.26 Å². The van der Waals surface area contributed by atoms with Crippen molar-refractivity contribution in [2.24, 2.45) is 5.73 Å². The van der Waals surface area contributed by atoms with Crippen LogP contribution in [0.3, 0.4) is 0 Å². The monoisotopic (exact) mass is 150 g/mol. The van der Waals surface area contributed by atoms with E-state index in [0.717, 1.165) is 0 Å². The fourth-order valence-electron chi connectivity index (χ4n) is 0. The molecule has 0 aromatic heterocycles. The molecule has 0 amide bonds. The van der Waals surface area contributed by atoms with Crippen LogP contribution in [0.25, 0.3) is 0 Å². The van der Waals surface area contributed by atoms with Crippen molar-refractivity contribution in [1.82, 2.24) is 0 Å². The van der Waals surface area contributed by atoms with Crippen LogP contribution in [0.1, 0.15) is 13.8 Å². The molecular formula is C5H14N2OS. The predicted molar refractivity (Wildman–Crippen MR) is 42.1 cm³/mol. The lowest BCUT2D eigenvalue weighted by atomic mass is 10.5. The summed E-state index contributed by atoms with van der Waals surface area (Å²) >= 11 is 3.09. The van der Waals surface area contributed by atoms with E-state index in [2.05, 4.69) is 18.4 Å². The molecule has 3 nitrogen and oxygen atoms in total. The van der Waals surface area contributed by atoms with Crippen LogP contribution in [0.2, 0.25) is 0 Å². The minimum atomic E-state index is -0.167. The van der Waals surface area contributed by atoms with E-state index >= 15 is 0 Å². The summed E-state index contributed by atoms with van der Waals surface area (Å²) in [5.74, 6) is 0. The quantitative estimate of drug-likeness (QED) is 0.345. The van der Waals surface area contributed by atoms with Crippen molar-refractivity contribution in [2.45, 2.75) is 20.0 Å². The molecule has 0 heterocycles. The first kappa shape index (κ1) is 15.9. The number of nitrogens with zero attached hydrogens (tertiary/aromatic N) is 1. The lowest BCUT2D eigenvalue weighted by Crippen LogP contribution is -1.85. The van der Waals surface area contributed by atoms with Gasteiger partial charge in [0.25, 0.3) is 0 Å². The van der Waals surface area contributed by atoms with Crippen molar-refractivity contribution >= 4 is 12.6 Å². The number of hydrogen-bond acceptors (Lipinski definition) is 4. The molecule has 0 fully saturated rings. The largest absolute Gasteiger partial charge is 0.394 e. The molecule has 4 heteroatoms. The Hall–Kier alpha value is -0.240. The molecule has 0 saturated heterocycles. The third-order valence-corrected chi connectivity index (χ3v) is 0. The van der Waals surface area contributed by atoms with Crippen LogP contribution in [0.4, 0.5) is 0 Å². The van der Waals surface area contributed by atoms with E-state index in [0.29, 0.717) is 0 Å². The van der Waals surface area contributed by atoms with E-state index < -0.39 is 0 Å². The van der Waals surface area contributed by atoms with Crippen LogP contribution in [0.5, 0.6) is 0 Å². The maximum atomic E-state index is 8.06. The first-order chi connectivity index (χ1) is 4.15. The SMILES string of the molecule is CC(C)O.CN.N#CS. The van der Waals surface area contributed by atoms with Crippen molar-refractivity contribution in [3.8, 4) is 5.40 Å². The van der Waals surface area contributed by atoms with Gasteiger partial charge in [0.1, 0.15) is 5.40 Å². The van der Waals surface area contributed by atoms with Crippen LogP contribution in [-0.4, -0.2) is 18.3 Å². The third kappa shape index (κ3) is 4470. The molecule has 0 aromatic carbocycles. The van der Waals surface area contributed by atoms with E-state index in [4.69, 9.17) is 10.4 Å². The summed E-state index contributed by atoms with van der Waals surface area (Å²) in [5.41, 5.74) is 4.50. The normalized spacial score (nSPS) is 5.56. The molecule has 0 aliphatic rings. The fraction of sp³-hybridized carbons (Fsp3) is 0.800. The molecule has 0 spiro atoms. The summed E-state index contributed by atoms with van der Waals surface area (Å²) < 4.78 is 0. The Kier molecular flexibility index (Phi) is 44.3. The first-order valence-electron chi connectivity index (χ1n) is 2.44. The smallest absolute Gasteiger partial charge is 0.130 e. The predicted octanol–water partition coefficient (Wildman–Crippen LogP) is 0.359. The van der Waals surface area contributed by atoms with Crippen molar-refractivity contribution in [3.63, 3.8) is 0 Å². The van der Waals surface area contributed by atoms with Gasteiger partial charge in [-0.25, -0.2) is 0 Å². The second kappa shape index (κ2) is 25.1. The van der Waals surface area contributed by atoms with Gasteiger partial charge in [0.05, 0.1) is 0 Å². The Morgan fingerprint density at radius 3 is 1.56 bits per heavy atom. The Balaban J connectivity index is -0.0000000646. The highest BCUT2D eigenvalue weighted by molar-refractivity contribution is 7.85. The van der Waals surface area contributed by atoms with Gasteiger partial charge in [0.2, 0.25) is 0 Å². The number of hydrogen-bond donors (Lipinski definition) is 3. The highest BCUT2D eigenvalue weighted by Crippen LogP contribution is 1.65. The molecule has 0 aliphatic carbocycles. The van der Waals surface area contributed by atoms with Crippen molar-refractivity contribution in [2.75, 3.05) is 7.05 Å². The summed E-state index contributed by atoms with van der Waals surface area (Å²) in [4.78, 5) is 0. The molecule has 0 unspecified atom stereocenters. The molecule has 0 bridgehead atoms. The Morgan fingerprint density at radius 2 is 1.56 bits per heavy atom. The summed E-state index contributed by atoms with van der Waals surface area (Å²) in [6.07, 6.45) is -0.167. The number of aliphatic hydroxyl groups excluding tert-OH is 1. The zero-order chi connectivity index (χ0) is 8.28. The van der Waals surface area contributed by atoms with Crippen LogP contribution in [0, 0.1) is 10.7 Å². The van der Waals surface area contributed by atoms with Gasteiger partial charge in [-0.1, -0.05) is 12.6 Å². The molecule has 0 atom stereocenters. The summed E-state index contributed by atoms with van der Waals surface area (Å²) in [6.45, 7) is 3.44. The Labute approximate surface area is 61.9 Å². The van der Waals surface area contributed by atoms with Gasteiger partial charge in [0, 0.05) is 6.10 Å². The Morgan fingerprint density at radius 1 is 1.56 bits per heavy atom. The van der Waals surface area contributed by atoms with E-state index in [-0.39, 0.29) is 6.10 Å². The zero-order valence-electron chi connectivity index (χ0n) is 6.00. The van der Waals surface area contributed by atoms with Crippen LogP contribution in [0.15, 0.2) is 0 Å². The molecule has 0 radical (unpaired) electrons. The molecule has 3 N–H and O–H groups in total. The van der Waals surface area contributed by atoms with Gasteiger partial charge in [-0.3, -0.25) is 0 Å². The number of aliphatic hydroxyl groups is 1. The number of rotatable bonds is 0. The van der Waals surface area contributed by atoms with E-state index in [1.165, 1.54) is 12.4 Å². The summed E-state index contributed by atoms with van der Waals surface area (Å²) in [6, 6.07) is 0. The minimum absolute atomic E-state index is 0.167. The van der Waals surface area contributed by atoms with Gasteiger partial charge in [0.15, 0.2) is 0 Å². The average Bonchev–Trinajstić information content (AvgIpc) is 1.71. The topological polar surface area (TPSA) is 70.0 Å². The van der Waals surface area contributed by atoms with Crippen LogP contribution >= 0.6 is 12.6 Å². The number of nitrogens with two attached hydrogens (primary N) is 1. The number of nitriles is 1. The average molecular weight is 150 g/mol. The Bertz CT molecular complexity index is 57.7. The summed E-state index contributed by atoms with van der Waals surface area (Å²) in [7, 11) is 1.50. The van der Waals surface area contributed by atoms with E-state index in [9.17, 15) is 0 Å². The van der Waals surface area contributed by atoms with Crippen LogP contribution in [-0.2, 0) is 0 Å². The van der Waals surface area contributed by atoms with Crippen molar-refractivity contribution < 1.29 is 5.11 Å². The molecule has 9 heavy (non-hydrogen) atoms. The fourth-order valence-corrected chi connectivity index (χ4v) is 0. The van der Waals surface area contributed by atoms with Gasteiger partial charge in [-0.2, -0.15) is 5.26 Å². The number of thiocyanates is 1. The lowest BCUT2D eigenvalue weighted by Gasteiger charge is -1.80. The second-order valence-corrected chi connectivity index (χ2v) is 1.39. The molecular weight excluding hydrogens is 136 g/mol. The minimum Gasteiger partial charge on any atom is -0.394 e. The van der Waals surface area contributed by atoms with Crippen molar-refractivity contribution in [3.05, 3.63) is 0 Å². The summed E-state index contributed by atoms with van der Waals surface area (Å²) in [5, 5.41) is 16.7. The first-order valence-corrected chi connectivity index (χ1v) is 2.88. The molecule has 0 saturated carbocycles. The molecule has 0 rings (SSSR count). The maximum Gasteiger partial charge on any atom is 0.130 e. The zero-order valence-corrected chi connectivity index (χ0v) is 6.89. The van der Waals surface area contributed by atoms with Gasteiger partial charge >= 0.3 is 0 Å². The molecule has 0 aromatic rings. The highest BCUT2D eigenvalue weighted by atomic mass is 32.1. The van der Waals surface area contributed by atoms with E-state index in [1.807, 2.05) is 0 Å². The van der Waals surface area contributed by atoms with E-state index in [1.54, 1.807) is 13.8 Å². The standard InChI is InChI=1S/C3H8O.CHNS.CH5N/c1-3(2)4;2-1-3;1-2/h3-4H,1-2H3;3H;2H2,1H3. The maximum absolute atomic E-state index is 8.06. The lowest BCUT2D eigenvalue weighted by molar-refractivity contribution is 0.216. The van der Waals surface area contributed by atoms with Gasteiger partial charge in [-0.05, 0) is 20.9 Å². The molecule has 56 valence electrons. The third-order valence-electron chi connectivity index (χ3n) is 0. The number of thiol groups is 1. The molecule has 0 aliphatic heterocycles. The van der Waals surface area contributed by atoms with Gasteiger partial charge in [-0.15, -0.1) is 0 Å². The van der Waals surface area contributed by atoms with Crippen LogP contribution < -0.4 is 5.73 Å². The second-order valence-electron chi connectivity index (χ2n) is 1.19.